The molecular formula is C68H66N4O. The van der Waals surface area contributed by atoms with E-state index in [0.29, 0.717) is 6.67 Å². The smallest absolute Gasteiger partial charge is 0.137 e. The van der Waals surface area contributed by atoms with Gasteiger partial charge in [0.25, 0.3) is 0 Å². The number of hydrogen-bond donors (Lipinski definition) is 0. The normalized spacial score (nSPS) is 13.2. The third-order valence-electron chi connectivity index (χ3n) is 15.4. The number of hydrogen-bond acceptors (Lipinski definition) is 4. The molecule has 0 bridgehead atoms. The Kier molecular flexibility index (Phi) is 11.7. The molecule has 5 heteroatoms. The number of pyridine rings is 1. The highest BCUT2D eigenvalue weighted by molar-refractivity contribution is 6.10. The lowest BCUT2D eigenvalue weighted by Gasteiger charge is -2.33. The van der Waals surface area contributed by atoms with Crippen LogP contribution in [0, 0.1) is 0 Å². The van der Waals surface area contributed by atoms with Crippen molar-refractivity contribution in [1.29, 1.82) is 0 Å². The van der Waals surface area contributed by atoms with Gasteiger partial charge in [-0.2, -0.15) is 0 Å². The Bertz CT molecular complexity index is 3580. The first-order valence-electron chi connectivity index (χ1n) is 25.8. The summed E-state index contributed by atoms with van der Waals surface area (Å²) in [6.07, 6.45) is 1.94. The van der Waals surface area contributed by atoms with Gasteiger partial charge in [0, 0.05) is 51.3 Å². The third kappa shape index (κ3) is 8.86. The lowest BCUT2D eigenvalue weighted by molar-refractivity contribution is 0.479. The van der Waals surface area contributed by atoms with E-state index in [9.17, 15) is 0 Å². The maximum absolute atomic E-state index is 7.10. The van der Waals surface area contributed by atoms with Crippen LogP contribution in [0.4, 0.5) is 22.7 Å². The quantitative estimate of drug-likeness (QED) is 0.137. The van der Waals surface area contributed by atoms with Crippen LogP contribution in [-0.4, -0.2) is 16.2 Å². The predicted octanol–water partition coefficient (Wildman–Crippen LogP) is 18.1. The van der Waals surface area contributed by atoms with E-state index in [4.69, 9.17) is 9.72 Å². The summed E-state index contributed by atoms with van der Waals surface area (Å²) in [5, 5.41) is 2.32. The molecule has 0 amide bonds. The Morgan fingerprint density at radius 3 is 1.52 bits per heavy atom. The molecule has 5 nitrogen and oxygen atoms in total. The molecule has 0 unspecified atom stereocenters. The van der Waals surface area contributed by atoms with E-state index < -0.39 is 0 Å². The summed E-state index contributed by atoms with van der Waals surface area (Å²) >= 11 is 0. The molecule has 11 rings (SSSR count). The summed E-state index contributed by atoms with van der Waals surface area (Å²) in [7, 11) is 0. The fourth-order valence-corrected chi connectivity index (χ4v) is 10.7. The highest BCUT2D eigenvalue weighted by atomic mass is 16.5. The average Bonchev–Trinajstić information content (AvgIpc) is 3.94. The van der Waals surface area contributed by atoms with Crippen molar-refractivity contribution in [2.24, 2.45) is 0 Å². The second-order valence-electron chi connectivity index (χ2n) is 23.1. The first-order chi connectivity index (χ1) is 34.9. The van der Waals surface area contributed by atoms with Crippen molar-refractivity contribution >= 4 is 44.6 Å². The van der Waals surface area contributed by atoms with Crippen molar-refractivity contribution in [2.45, 2.75) is 90.9 Å². The highest BCUT2D eigenvalue weighted by Crippen LogP contribution is 2.49. The van der Waals surface area contributed by atoms with Crippen molar-refractivity contribution in [2.75, 3.05) is 16.5 Å². The maximum atomic E-state index is 7.10. The summed E-state index contributed by atoms with van der Waals surface area (Å²) in [6, 6.07) is 73.0. The molecule has 2 aromatic heterocycles. The minimum absolute atomic E-state index is 0.0423. The first kappa shape index (κ1) is 47.4. The number of aromatic nitrogens is 2. The summed E-state index contributed by atoms with van der Waals surface area (Å²) in [4.78, 5) is 9.95. The number of benzene rings is 8. The Labute approximate surface area is 432 Å². The predicted molar refractivity (Wildman–Crippen MR) is 307 cm³/mol. The molecule has 0 N–H and O–H groups in total. The van der Waals surface area contributed by atoms with E-state index in [0.717, 1.165) is 45.1 Å². The van der Waals surface area contributed by atoms with Crippen molar-refractivity contribution in [3.8, 4) is 28.4 Å². The molecule has 0 spiro atoms. The molecule has 0 saturated heterocycles. The minimum Gasteiger partial charge on any atom is -0.457 e. The second kappa shape index (κ2) is 18.0. The molecule has 0 atom stereocenters. The van der Waals surface area contributed by atoms with Gasteiger partial charge in [-0.3, -0.25) is 4.57 Å². The Morgan fingerprint density at radius 1 is 0.384 bits per heavy atom. The maximum Gasteiger partial charge on any atom is 0.137 e. The Morgan fingerprint density at radius 2 is 0.932 bits per heavy atom. The van der Waals surface area contributed by atoms with Gasteiger partial charge in [-0.05, 0) is 128 Å². The van der Waals surface area contributed by atoms with E-state index >= 15 is 0 Å². The molecule has 0 aliphatic carbocycles. The summed E-state index contributed by atoms with van der Waals surface area (Å²) in [5.41, 5.74) is 15.9. The molecule has 1 aliphatic heterocycles. The van der Waals surface area contributed by atoms with Crippen LogP contribution >= 0.6 is 0 Å². The van der Waals surface area contributed by atoms with Crippen molar-refractivity contribution in [3.05, 3.63) is 240 Å². The largest absolute Gasteiger partial charge is 0.457 e. The van der Waals surface area contributed by atoms with Gasteiger partial charge in [0.05, 0.1) is 22.4 Å². The standard InChI is InChI=1S/C68H66N4O/c1-65(2,3)50-34-35-69-64(42-50)72-60-33-30-47(46-22-14-11-15-23-46)36-59(60)58-32-31-56(44-63(58)72)73-57-41-51(66(4,5)6)38-55(43-57)71-45-70(61-28-20-21-29-62(61)71)54-39-52(67(7,8)48-24-16-12-17-25-48)37-53(40-54)68(9,10)49-26-18-13-19-27-49/h11-44H,45H2,1-10H3. The number of nitrogens with zero attached hydrogens (tertiary/aromatic N) is 4. The van der Waals surface area contributed by atoms with E-state index in [1.165, 1.54) is 61.3 Å². The lowest BCUT2D eigenvalue weighted by Crippen LogP contribution is -2.27. The zero-order chi connectivity index (χ0) is 50.9. The van der Waals surface area contributed by atoms with Gasteiger partial charge in [-0.1, -0.05) is 184 Å². The number of anilines is 4. The number of para-hydroxylation sites is 2. The van der Waals surface area contributed by atoms with Crippen LogP contribution in [0.5, 0.6) is 11.5 Å². The average molecular weight is 955 g/mol. The van der Waals surface area contributed by atoms with Gasteiger partial charge < -0.3 is 14.5 Å². The molecule has 0 radical (unpaired) electrons. The van der Waals surface area contributed by atoms with Gasteiger partial charge in [0.2, 0.25) is 0 Å². The highest BCUT2D eigenvalue weighted by Gasteiger charge is 2.34. The summed E-state index contributed by atoms with van der Waals surface area (Å²) in [6.45, 7) is 23.6. The molecule has 8 aromatic carbocycles. The second-order valence-corrected chi connectivity index (χ2v) is 23.1. The fourth-order valence-electron chi connectivity index (χ4n) is 10.7. The molecule has 73 heavy (non-hydrogen) atoms. The molecule has 10 aromatic rings. The molecule has 1 aliphatic rings. The lowest BCUT2D eigenvalue weighted by atomic mass is 9.73. The van der Waals surface area contributed by atoms with Crippen molar-refractivity contribution in [1.82, 2.24) is 9.55 Å². The number of ether oxygens (including phenoxy) is 1. The Hall–Kier alpha value is -7.89. The summed E-state index contributed by atoms with van der Waals surface area (Å²) in [5.74, 6) is 2.44. The molecule has 364 valence electrons. The van der Waals surface area contributed by atoms with Crippen LogP contribution in [0.25, 0.3) is 38.8 Å². The van der Waals surface area contributed by atoms with Crippen LogP contribution in [0.15, 0.2) is 206 Å². The summed E-state index contributed by atoms with van der Waals surface area (Å²) < 4.78 is 9.40. The van der Waals surface area contributed by atoms with Crippen molar-refractivity contribution < 1.29 is 4.74 Å². The zero-order valence-electron chi connectivity index (χ0n) is 44.0. The van der Waals surface area contributed by atoms with E-state index in [2.05, 4.69) is 284 Å². The van der Waals surface area contributed by atoms with Crippen LogP contribution in [-0.2, 0) is 21.7 Å². The van der Waals surface area contributed by atoms with Gasteiger partial charge in [0.1, 0.15) is 24.0 Å². The first-order valence-corrected chi connectivity index (χ1v) is 25.8. The van der Waals surface area contributed by atoms with E-state index in [1.807, 2.05) is 6.20 Å². The fraction of sp³-hybridized carbons (Fsp3) is 0.221. The third-order valence-corrected chi connectivity index (χ3v) is 15.4. The van der Waals surface area contributed by atoms with Crippen molar-refractivity contribution in [3.63, 3.8) is 0 Å². The molecule has 3 heterocycles. The van der Waals surface area contributed by atoms with Gasteiger partial charge in [-0.25, -0.2) is 4.98 Å². The number of rotatable bonds is 10. The van der Waals surface area contributed by atoms with E-state index in [1.54, 1.807) is 0 Å². The van der Waals surface area contributed by atoms with E-state index in [-0.39, 0.29) is 21.7 Å². The Balaban J connectivity index is 1.01. The van der Waals surface area contributed by atoms with Crippen LogP contribution in [0.2, 0.25) is 0 Å². The minimum atomic E-state index is -0.250. The molecule has 0 fully saturated rings. The number of fused-ring (bicyclic) bond motifs is 4. The molecule has 0 saturated carbocycles. The molecular weight excluding hydrogens is 889 g/mol. The topological polar surface area (TPSA) is 33.5 Å². The van der Waals surface area contributed by atoms with Crippen LogP contribution in [0.3, 0.4) is 0 Å². The zero-order valence-corrected chi connectivity index (χ0v) is 44.0. The monoisotopic (exact) mass is 955 g/mol. The van der Waals surface area contributed by atoms with Gasteiger partial charge in [-0.15, -0.1) is 0 Å². The SMILES string of the molecule is CC(C)(C)c1cc(Oc2ccc3c4cc(-c5ccccc5)ccc4n(-c4cc(C(C)(C)C)ccn4)c3c2)cc(N2CN(c3cc(C(C)(C)c4ccccc4)cc(C(C)(C)c4ccccc4)c3)c3ccccc32)c1. The van der Waals surface area contributed by atoms with Gasteiger partial charge >= 0.3 is 0 Å². The van der Waals surface area contributed by atoms with Crippen LogP contribution in [0.1, 0.15) is 103 Å². The van der Waals surface area contributed by atoms with Gasteiger partial charge in [0.15, 0.2) is 0 Å². The van der Waals surface area contributed by atoms with Crippen LogP contribution < -0.4 is 14.5 Å².